The second kappa shape index (κ2) is 4.99. The average molecular weight is 236 g/mol. The first-order chi connectivity index (χ1) is 7.84. The highest BCUT2D eigenvalue weighted by Crippen LogP contribution is 2.31. The van der Waals surface area contributed by atoms with Crippen LogP contribution in [-0.2, 0) is 16.0 Å². The standard InChI is InChI=1S/C13H16O4/c1-13(2,10(11(14)15)12(16)17)8-9-6-4-3-5-7-9/h3-7,10H,8H2,1-2H3,(H,14,15)(H,16,17). The molecule has 0 bridgehead atoms. The number of aliphatic carboxylic acids is 2. The van der Waals surface area contributed by atoms with Crippen molar-refractivity contribution >= 4 is 11.9 Å². The van der Waals surface area contributed by atoms with Crippen LogP contribution in [0.1, 0.15) is 19.4 Å². The Morgan fingerprint density at radius 3 is 2.00 bits per heavy atom. The first-order valence-corrected chi connectivity index (χ1v) is 5.34. The summed E-state index contributed by atoms with van der Waals surface area (Å²) in [6.45, 7) is 3.32. The van der Waals surface area contributed by atoms with Gasteiger partial charge in [0.2, 0.25) is 0 Å². The fourth-order valence-corrected chi connectivity index (χ4v) is 2.00. The topological polar surface area (TPSA) is 74.6 Å². The third-order valence-corrected chi connectivity index (χ3v) is 2.78. The van der Waals surface area contributed by atoms with Crippen LogP contribution in [-0.4, -0.2) is 22.2 Å². The lowest BCUT2D eigenvalue weighted by atomic mass is 9.74. The summed E-state index contributed by atoms with van der Waals surface area (Å²) in [7, 11) is 0. The summed E-state index contributed by atoms with van der Waals surface area (Å²) in [5.41, 5.74) is 0.101. The van der Waals surface area contributed by atoms with Crippen molar-refractivity contribution in [3.05, 3.63) is 35.9 Å². The summed E-state index contributed by atoms with van der Waals surface area (Å²) in [5, 5.41) is 18.0. The van der Waals surface area contributed by atoms with E-state index in [1.54, 1.807) is 13.8 Å². The Bertz CT molecular complexity index is 395. The van der Waals surface area contributed by atoms with E-state index in [1.165, 1.54) is 0 Å². The van der Waals surface area contributed by atoms with Crippen LogP contribution >= 0.6 is 0 Å². The van der Waals surface area contributed by atoms with Crippen molar-refractivity contribution in [2.45, 2.75) is 20.3 Å². The molecule has 0 fully saturated rings. The van der Waals surface area contributed by atoms with Gasteiger partial charge in [0.25, 0.3) is 0 Å². The fourth-order valence-electron chi connectivity index (χ4n) is 2.00. The zero-order chi connectivity index (χ0) is 13.1. The number of carboxylic acid groups (broad SMARTS) is 2. The van der Waals surface area contributed by atoms with Gasteiger partial charge in [-0.2, -0.15) is 0 Å². The molecule has 0 unspecified atom stereocenters. The quantitative estimate of drug-likeness (QED) is 0.767. The minimum absolute atomic E-state index is 0.414. The lowest BCUT2D eigenvalue weighted by molar-refractivity contribution is -0.160. The summed E-state index contributed by atoms with van der Waals surface area (Å²) >= 11 is 0. The lowest BCUT2D eigenvalue weighted by Crippen LogP contribution is -2.38. The Kier molecular flexibility index (Phi) is 3.89. The van der Waals surface area contributed by atoms with Gasteiger partial charge in [0.15, 0.2) is 5.92 Å². The van der Waals surface area contributed by atoms with Gasteiger partial charge in [0, 0.05) is 0 Å². The Labute approximate surface area is 99.9 Å². The molecular weight excluding hydrogens is 220 g/mol. The monoisotopic (exact) mass is 236 g/mol. The van der Waals surface area contributed by atoms with Gasteiger partial charge in [-0.3, -0.25) is 9.59 Å². The molecule has 2 N–H and O–H groups in total. The minimum Gasteiger partial charge on any atom is -0.481 e. The highest BCUT2D eigenvalue weighted by molar-refractivity contribution is 5.93. The highest BCUT2D eigenvalue weighted by atomic mass is 16.4. The zero-order valence-electron chi connectivity index (χ0n) is 9.88. The largest absolute Gasteiger partial charge is 0.481 e. The van der Waals surface area contributed by atoms with Gasteiger partial charge >= 0.3 is 11.9 Å². The number of hydrogen-bond acceptors (Lipinski definition) is 2. The number of rotatable bonds is 5. The van der Waals surface area contributed by atoms with Crippen LogP contribution in [0.3, 0.4) is 0 Å². The fraction of sp³-hybridized carbons (Fsp3) is 0.385. The molecule has 0 aromatic heterocycles. The number of carboxylic acids is 2. The van der Waals surface area contributed by atoms with Gasteiger partial charge in [-0.05, 0) is 17.4 Å². The first-order valence-electron chi connectivity index (χ1n) is 5.34. The summed E-state index contributed by atoms with van der Waals surface area (Å²) in [6.07, 6.45) is 0.414. The van der Waals surface area contributed by atoms with Gasteiger partial charge in [0.05, 0.1) is 0 Å². The van der Waals surface area contributed by atoms with Crippen LogP contribution in [0.15, 0.2) is 30.3 Å². The normalized spacial score (nSPS) is 11.5. The van der Waals surface area contributed by atoms with E-state index in [-0.39, 0.29) is 0 Å². The molecule has 0 spiro atoms. The van der Waals surface area contributed by atoms with Crippen molar-refractivity contribution in [3.63, 3.8) is 0 Å². The van der Waals surface area contributed by atoms with Crippen LogP contribution in [0.2, 0.25) is 0 Å². The molecule has 0 heterocycles. The summed E-state index contributed by atoms with van der Waals surface area (Å²) in [4.78, 5) is 22.0. The molecule has 1 aromatic carbocycles. The third kappa shape index (κ3) is 3.31. The van der Waals surface area contributed by atoms with E-state index in [4.69, 9.17) is 10.2 Å². The molecule has 0 radical (unpaired) electrons. The van der Waals surface area contributed by atoms with E-state index in [0.717, 1.165) is 5.56 Å². The molecule has 0 aliphatic rings. The molecule has 4 nitrogen and oxygen atoms in total. The van der Waals surface area contributed by atoms with Crippen LogP contribution in [0, 0.1) is 11.3 Å². The maximum absolute atomic E-state index is 11.0. The smallest absolute Gasteiger partial charge is 0.318 e. The SMILES string of the molecule is CC(C)(Cc1ccccc1)C(C(=O)O)C(=O)O. The molecule has 1 aromatic rings. The summed E-state index contributed by atoms with van der Waals surface area (Å²) in [6, 6.07) is 9.29. The average Bonchev–Trinajstić information content (AvgIpc) is 2.15. The van der Waals surface area contributed by atoms with Gasteiger partial charge in [-0.25, -0.2) is 0 Å². The second-order valence-corrected chi connectivity index (χ2v) is 4.76. The summed E-state index contributed by atoms with van der Waals surface area (Å²) < 4.78 is 0. The predicted molar refractivity (Wildman–Crippen MR) is 62.7 cm³/mol. The van der Waals surface area contributed by atoms with Gasteiger partial charge in [0.1, 0.15) is 0 Å². The molecule has 0 saturated heterocycles. The van der Waals surface area contributed by atoms with Crippen LogP contribution in [0.4, 0.5) is 0 Å². The third-order valence-electron chi connectivity index (χ3n) is 2.78. The Hall–Kier alpha value is -1.84. The van der Waals surface area contributed by atoms with Gasteiger partial charge in [-0.1, -0.05) is 44.2 Å². The van der Waals surface area contributed by atoms with Crippen LogP contribution < -0.4 is 0 Å². The minimum atomic E-state index is -1.40. The highest BCUT2D eigenvalue weighted by Gasteiger charge is 2.41. The van der Waals surface area contributed by atoms with Gasteiger partial charge < -0.3 is 10.2 Å². The molecular formula is C13H16O4. The maximum Gasteiger partial charge on any atom is 0.318 e. The molecule has 17 heavy (non-hydrogen) atoms. The van der Waals surface area contributed by atoms with E-state index < -0.39 is 23.3 Å². The number of hydrogen-bond donors (Lipinski definition) is 2. The van der Waals surface area contributed by atoms with E-state index in [9.17, 15) is 9.59 Å². The van der Waals surface area contributed by atoms with Crippen LogP contribution in [0.5, 0.6) is 0 Å². The first kappa shape index (κ1) is 13.2. The van der Waals surface area contributed by atoms with Gasteiger partial charge in [-0.15, -0.1) is 0 Å². The lowest BCUT2D eigenvalue weighted by Gasteiger charge is -2.28. The van der Waals surface area contributed by atoms with Crippen molar-refractivity contribution in [1.29, 1.82) is 0 Å². The van der Waals surface area contributed by atoms with E-state index in [1.807, 2.05) is 30.3 Å². The molecule has 0 aliphatic carbocycles. The Balaban J connectivity index is 2.93. The Morgan fingerprint density at radius 1 is 1.12 bits per heavy atom. The van der Waals surface area contributed by atoms with Crippen molar-refractivity contribution in [2.75, 3.05) is 0 Å². The van der Waals surface area contributed by atoms with E-state index in [2.05, 4.69) is 0 Å². The second-order valence-electron chi connectivity index (χ2n) is 4.76. The Morgan fingerprint density at radius 2 is 1.59 bits per heavy atom. The van der Waals surface area contributed by atoms with Crippen molar-refractivity contribution in [2.24, 2.45) is 11.3 Å². The maximum atomic E-state index is 11.0. The molecule has 0 aliphatic heterocycles. The molecule has 4 heteroatoms. The molecule has 1 rings (SSSR count). The molecule has 0 atom stereocenters. The van der Waals surface area contributed by atoms with E-state index in [0.29, 0.717) is 6.42 Å². The van der Waals surface area contributed by atoms with Crippen molar-refractivity contribution in [1.82, 2.24) is 0 Å². The number of benzene rings is 1. The van der Waals surface area contributed by atoms with E-state index >= 15 is 0 Å². The van der Waals surface area contributed by atoms with Crippen LogP contribution in [0.25, 0.3) is 0 Å². The molecule has 0 saturated carbocycles. The summed E-state index contributed by atoms with van der Waals surface area (Å²) in [5.74, 6) is -3.99. The predicted octanol–water partition coefficient (Wildman–Crippen LogP) is 2.04. The number of carbonyl (C=O) groups is 2. The molecule has 0 amide bonds. The zero-order valence-corrected chi connectivity index (χ0v) is 9.88. The van der Waals surface area contributed by atoms with Crippen molar-refractivity contribution < 1.29 is 19.8 Å². The molecule has 92 valence electrons. The van der Waals surface area contributed by atoms with Crippen molar-refractivity contribution in [3.8, 4) is 0 Å².